The maximum absolute atomic E-state index is 11.7. The van der Waals surface area contributed by atoms with E-state index in [4.69, 9.17) is 9.47 Å². The van der Waals surface area contributed by atoms with Crippen molar-refractivity contribution in [3.63, 3.8) is 0 Å². The summed E-state index contributed by atoms with van der Waals surface area (Å²) in [4.78, 5) is 11.7. The highest BCUT2D eigenvalue weighted by Crippen LogP contribution is 2.53. The van der Waals surface area contributed by atoms with Crippen LogP contribution in [0.5, 0.6) is 11.5 Å². The normalized spacial score (nSPS) is 31.9. The Morgan fingerprint density at radius 1 is 1.35 bits per heavy atom. The van der Waals surface area contributed by atoms with Crippen molar-refractivity contribution in [1.82, 2.24) is 0 Å². The van der Waals surface area contributed by atoms with Crippen LogP contribution in [0.15, 0.2) is 18.2 Å². The van der Waals surface area contributed by atoms with Gasteiger partial charge in [0, 0.05) is 11.5 Å². The van der Waals surface area contributed by atoms with E-state index in [1.54, 1.807) is 18.2 Å². The molecule has 2 aliphatic heterocycles. The maximum atomic E-state index is 11.7. The van der Waals surface area contributed by atoms with Crippen LogP contribution < -0.4 is 4.74 Å². The van der Waals surface area contributed by atoms with Gasteiger partial charge in [-0.05, 0) is 44.4 Å². The van der Waals surface area contributed by atoms with Crippen molar-refractivity contribution >= 4 is 5.97 Å². The molecule has 5 nitrogen and oxygen atoms in total. The number of phenolic OH excluding ortho intramolecular Hbond substituents is 1. The number of hydrogen-bond donors (Lipinski definition) is 2. The Morgan fingerprint density at radius 3 is 2.65 bits per heavy atom. The number of aliphatic carboxylic acids is 1. The van der Waals surface area contributed by atoms with Crippen LogP contribution in [0, 0.1) is 17.8 Å². The second-order valence-corrected chi connectivity index (χ2v) is 7.48. The molecule has 0 saturated carbocycles. The average molecular weight is 320 g/mol. The Hall–Kier alpha value is -1.75. The Labute approximate surface area is 136 Å². The van der Waals surface area contributed by atoms with E-state index in [9.17, 15) is 15.0 Å². The molecule has 2 N–H and O–H groups in total. The summed E-state index contributed by atoms with van der Waals surface area (Å²) in [6.07, 6.45) is -0.105. The van der Waals surface area contributed by atoms with E-state index >= 15 is 0 Å². The lowest BCUT2D eigenvalue weighted by Gasteiger charge is -2.51. The van der Waals surface area contributed by atoms with Crippen LogP contribution in [0.1, 0.15) is 45.8 Å². The zero-order valence-corrected chi connectivity index (χ0v) is 13.9. The van der Waals surface area contributed by atoms with Crippen LogP contribution in [-0.2, 0) is 9.53 Å². The summed E-state index contributed by atoms with van der Waals surface area (Å²) in [7, 11) is 0. The molecule has 1 aromatic rings. The van der Waals surface area contributed by atoms with Crippen molar-refractivity contribution in [2.75, 3.05) is 0 Å². The number of hydrogen-bond acceptors (Lipinski definition) is 4. The third-order valence-electron chi connectivity index (χ3n) is 5.11. The van der Waals surface area contributed by atoms with E-state index in [0.717, 1.165) is 5.56 Å². The number of phenols is 1. The maximum Gasteiger partial charge on any atom is 0.309 e. The van der Waals surface area contributed by atoms with Crippen LogP contribution in [0.2, 0.25) is 0 Å². The SMILES string of the molecule is CC(C)[C@H]1O[C@H]2c3cc(O)ccc3OC(C)(C)[C@@H]2C[C@H]1C(=O)O. The molecule has 4 atom stereocenters. The molecule has 0 spiro atoms. The topological polar surface area (TPSA) is 76.0 Å². The van der Waals surface area contributed by atoms with Gasteiger partial charge in [-0.1, -0.05) is 13.8 Å². The fourth-order valence-electron chi connectivity index (χ4n) is 3.90. The van der Waals surface area contributed by atoms with Gasteiger partial charge in [-0.25, -0.2) is 0 Å². The van der Waals surface area contributed by atoms with Crippen LogP contribution >= 0.6 is 0 Å². The molecular formula is C18H24O5. The Bertz CT molecular complexity index is 622. The van der Waals surface area contributed by atoms with Gasteiger partial charge in [0.15, 0.2) is 0 Å². The second kappa shape index (κ2) is 5.41. The minimum atomic E-state index is -0.820. The molecule has 5 heteroatoms. The molecule has 2 aliphatic rings. The lowest BCUT2D eigenvalue weighted by atomic mass is 9.70. The first-order chi connectivity index (χ1) is 10.7. The number of carbonyl (C=O) groups is 1. The number of aromatic hydroxyl groups is 1. The molecule has 23 heavy (non-hydrogen) atoms. The fraction of sp³-hybridized carbons (Fsp3) is 0.611. The standard InChI is InChI=1S/C18H24O5/c1-9(2)15-12(17(20)21)8-13-16(22-15)11-7-10(19)5-6-14(11)23-18(13,3)4/h5-7,9,12-13,15-16,19H,8H2,1-4H3,(H,20,21)/t12-,13-,15-,16+/m1/s1. The van der Waals surface area contributed by atoms with Gasteiger partial charge < -0.3 is 19.7 Å². The fourth-order valence-corrected chi connectivity index (χ4v) is 3.90. The van der Waals surface area contributed by atoms with Gasteiger partial charge in [-0.2, -0.15) is 0 Å². The van der Waals surface area contributed by atoms with Crippen LogP contribution in [0.4, 0.5) is 0 Å². The highest BCUT2D eigenvalue weighted by molar-refractivity contribution is 5.71. The zero-order valence-electron chi connectivity index (χ0n) is 13.9. The summed E-state index contributed by atoms with van der Waals surface area (Å²) in [5.74, 6) is -0.476. The van der Waals surface area contributed by atoms with Crippen LogP contribution in [-0.4, -0.2) is 27.9 Å². The van der Waals surface area contributed by atoms with Crippen molar-refractivity contribution in [2.24, 2.45) is 17.8 Å². The molecule has 0 radical (unpaired) electrons. The number of rotatable bonds is 2. The first kappa shape index (κ1) is 16.1. The molecule has 0 aliphatic carbocycles. The molecule has 1 fully saturated rings. The van der Waals surface area contributed by atoms with Crippen molar-refractivity contribution in [1.29, 1.82) is 0 Å². The summed E-state index contributed by atoms with van der Waals surface area (Å²) in [5.41, 5.74) is 0.286. The molecule has 2 heterocycles. The van der Waals surface area contributed by atoms with Gasteiger partial charge in [0.1, 0.15) is 17.1 Å². The predicted molar refractivity (Wildman–Crippen MR) is 84.5 cm³/mol. The van der Waals surface area contributed by atoms with Gasteiger partial charge in [0.25, 0.3) is 0 Å². The average Bonchev–Trinajstić information content (AvgIpc) is 2.46. The van der Waals surface area contributed by atoms with Gasteiger partial charge in [-0.15, -0.1) is 0 Å². The van der Waals surface area contributed by atoms with E-state index < -0.39 is 17.5 Å². The smallest absolute Gasteiger partial charge is 0.309 e. The lowest BCUT2D eigenvalue weighted by molar-refractivity contribution is -0.195. The predicted octanol–water partition coefficient (Wildman–Crippen LogP) is 3.37. The minimum absolute atomic E-state index is 0.0760. The van der Waals surface area contributed by atoms with Crippen LogP contribution in [0.25, 0.3) is 0 Å². The third-order valence-corrected chi connectivity index (χ3v) is 5.11. The monoisotopic (exact) mass is 320 g/mol. The molecule has 0 amide bonds. The lowest BCUT2D eigenvalue weighted by Crippen LogP contribution is -2.53. The van der Waals surface area contributed by atoms with Crippen molar-refractivity contribution in [3.8, 4) is 11.5 Å². The molecule has 0 bridgehead atoms. The number of benzene rings is 1. The third kappa shape index (κ3) is 2.67. The van der Waals surface area contributed by atoms with Crippen molar-refractivity contribution in [3.05, 3.63) is 23.8 Å². The van der Waals surface area contributed by atoms with E-state index in [1.165, 1.54) is 0 Å². The molecule has 1 saturated heterocycles. The molecule has 1 aromatic carbocycles. The zero-order chi connectivity index (χ0) is 16.9. The highest BCUT2D eigenvalue weighted by atomic mass is 16.5. The van der Waals surface area contributed by atoms with Gasteiger partial charge >= 0.3 is 5.97 Å². The first-order valence-electron chi connectivity index (χ1n) is 8.11. The number of fused-ring (bicyclic) bond motifs is 3. The Balaban J connectivity index is 2.05. The molecular weight excluding hydrogens is 296 g/mol. The second-order valence-electron chi connectivity index (χ2n) is 7.48. The summed E-state index contributed by atoms with van der Waals surface area (Å²) in [6, 6.07) is 5.01. The van der Waals surface area contributed by atoms with E-state index in [1.807, 2.05) is 27.7 Å². The van der Waals surface area contributed by atoms with E-state index in [2.05, 4.69) is 0 Å². The van der Waals surface area contributed by atoms with Gasteiger partial charge in [0.2, 0.25) is 0 Å². The van der Waals surface area contributed by atoms with Crippen molar-refractivity contribution < 1.29 is 24.5 Å². The summed E-state index contributed by atoms with van der Waals surface area (Å²) >= 11 is 0. The number of carboxylic acids is 1. The minimum Gasteiger partial charge on any atom is -0.508 e. The molecule has 126 valence electrons. The first-order valence-corrected chi connectivity index (χ1v) is 8.11. The number of ether oxygens (including phenoxy) is 2. The molecule has 0 aromatic heterocycles. The van der Waals surface area contributed by atoms with E-state index in [0.29, 0.717) is 12.2 Å². The Kier molecular flexibility index (Phi) is 3.79. The van der Waals surface area contributed by atoms with E-state index in [-0.39, 0.29) is 29.8 Å². The summed E-state index contributed by atoms with van der Waals surface area (Å²) in [6.45, 7) is 7.90. The van der Waals surface area contributed by atoms with Crippen molar-refractivity contribution in [2.45, 2.75) is 51.9 Å². The molecule has 3 rings (SSSR count). The number of carboxylic acid groups (broad SMARTS) is 1. The highest BCUT2D eigenvalue weighted by Gasteiger charge is 2.52. The molecule has 0 unspecified atom stereocenters. The van der Waals surface area contributed by atoms with Crippen LogP contribution in [0.3, 0.4) is 0 Å². The summed E-state index contributed by atoms with van der Waals surface area (Å²) in [5, 5.41) is 19.4. The van der Waals surface area contributed by atoms with Gasteiger partial charge in [-0.3, -0.25) is 4.79 Å². The van der Waals surface area contributed by atoms with Gasteiger partial charge in [0.05, 0.1) is 18.1 Å². The Morgan fingerprint density at radius 2 is 2.04 bits per heavy atom. The largest absolute Gasteiger partial charge is 0.508 e. The quantitative estimate of drug-likeness (QED) is 0.874. The summed E-state index contributed by atoms with van der Waals surface area (Å²) < 4.78 is 12.4.